The lowest BCUT2D eigenvalue weighted by Gasteiger charge is -2.63. The molecule has 10 atom stereocenters. The molecule has 14 nitrogen and oxygen atoms in total. The van der Waals surface area contributed by atoms with Crippen molar-refractivity contribution < 1.29 is 43.3 Å². The summed E-state index contributed by atoms with van der Waals surface area (Å²) in [6.45, 7) is 2.59. The molecule has 5 aliphatic rings. The van der Waals surface area contributed by atoms with E-state index < -0.39 is 29.1 Å². The van der Waals surface area contributed by atoms with Gasteiger partial charge in [-0.15, -0.1) is 0 Å². The first-order chi connectivity index (χ1) is 25.8. The first-order valence-electron chi connectivity index (χ1n) is 20.0. The van der Waals surface area contributed by atoms with Gasteiger partial charge in [0.05, 0.1) is 23.4 Å². The van der Waals surface area contributed by atoms with E-state index in [-0.39, 0.29) is 84.0 Å². The number of ether oxygens (including phenoxy) is 2. The number of hydrogen-bond acceptors (Lipinski definition) is 10. The van der Waals surface area contributed by atoms with Crippen LogP contribution in [0, 0.1) is 22.7 Å². The van der Waals surface area contributed by atoms with Gasteiger partial charge in [-0.2, -0.15) is 0 Å². The van der Waals surface area contributed by atoms with Crippen molar-refractivity contribution in [3.8, 4) is 0 Å². The van der Waals surface area contributed by atoms with Crippen LogP contribution in [-0.2, 0) is 28.7 Å². The standard InChI is InChI=1S/C40H58N4O10/c1-37-17-15-27-28(40(37)31(54-40)21-29(37)25-12-13-33(47)52-23-25)16-19-39(51)22-26(14-18-38(27,39)24-45)53-34(48)11-7-5-3-2-4-6-10-32(46)44-30(35(49)50)9-8-20-43-36(41)42/h12-13,23-24,26-31,51H,2-11,14-22H2,1H3,(H,44,46)(H,49,50)(H4,41,42,43)/t26-,27-,28+,29+,30-,31+,37+,38-,39-,40+/m0/s1. The fourth-order valence-corrected chi connectivity index (χ4v) is 11.3. The molecule has 6 rings (SSSR count). The average Bonchev–Trinajstić information content (AvgIpc) is 3.79. The highest BCUT2D eigenvalue weighted by atomic mass is 16.6. The molecule has 2 heterocycles. The molecule has 4 aliphatic carbocycles. The number of esters is 1. The number of epoxide rings is 1. The Morgan fingerprint density at radius 2 is 1.74 bits per heavy atom. The molecule has 0 bridgehead atoms. The lowest BCUT2D eigenvalue weighted by molar-refractivity contribution is -0.222. The van der Waals surface area contributed by atoms with Gasteiger partial charge in [0.1, 0.15) is 24.0 Å². The normalized spacial score (nSPS) is 35.3. The number of aliphatic imine (C=N–C) groups is 1. The van der Waals surface area contributed by atoms with E-state index in [9.17, 15) is 34.2 Å². The van der Waals surface area contributed by atoms with E-state index in [2.05, 4.69) is 17.2 Å². The molecule has 0 aromatic carbocycles. The molecule has 1 aromatic rings. The Hall–Kier alpha value is -3.78. The van der Waals surface area contributed by atoms with Crippen LogP contribution in [0.1, 0.15) is 134 Å². The summed E-state index contributed by atoms with van der Waals surface area (Å²) < 4.78 is 17.7. The molecule has 1 aliphatic heterocycles. The molecule has 1 saturated heterocycles. The van der Waals surface area contributed by atoms with Crippen LogP contribution in [-0.4, -0.2) is 76.3 Å². The van der Waals surface area contributed by atoms with E-state index in [0.717, 1.165) is 63.2 Å². The van der Waals surface area contributed by atoms with Crippen molar-refractivity contribution in [2.24, 2.45) is 39.1 Å². The molecular formula is C40H58N4O10. The molecule has 5 fully saturated rings. The number of unbranched alkanes of at least 4 members (excludes halogenated alkanes) is 5. The number of carboxylic acid groups (broad SMARTS) is 1. The minimum Gasteiger partial charge on any atom is -0.480 e. The van der Waals surface area contributed by atoms with Crippen LogP contribution in [0.4, 0.5) is 0 Å². The van der Waals surface area contributed by atoms with Gasteiger partial charge >= 0.3 is 17.6 Å². The van der Waals surface area contributed by atoms with Crippen LogP contribution >= 0.6 is 0 Å². The number of nitrogens with zero attached hydrogens (tertiary/aromatic N) is 1. The number of rotatable bonds is 18. The van der Waals surface area contributed by atoms with Crippen molar-refractivity contribution in [2.45, 2.75) is 158 Å². The molecule has 298 valence electrons. The number of nitrogens with two attached hydrogens (primary N) is 2. The maximum Gasteiger partial charge on any atom is 0.335 e. The molecule has 0 unspecified atom stereocenters. The Bertz CT molecular complexity index is 1630. The van der Waals surface area contributed by atoms with Gasteiger partial charge in [-0.1, -0.05) is 32.6 Å². The van der Waals surface area contributed by atoms with Gasteiger partial charge in [0.15, 0.2) is 5.96 Å². The molecule has 4 saturated carbocycles. The maximum absolute atomic E-state index is 13.1. The molecule has 54 heavy (non-hydrogen) atoms. The first kappa shape index (κ1) is 39.9. The van der Waals surface area contributed by atoms with E-state index >= 15 is 0 Å². The smallest absolute Gasteiger partial charge is 0.335 e. The van der Waals surface area contributed by atoms with Crippen LogP contribution in [0.25, 0.3) is 0 Å². The second kappa shape index (κ2) is 16.1. The number of carbonyl (C=O) groups is 4. The number of hydrogen-bond donors (Lipinski definition) is 5. The summed E-state index contributed by atoms with van der Waals surface area (Å²) in [7, 11) is 0. The quantitative estimate of drug-likeness (QED) is 0.0359. The largest absolute Gasteiger partial charge is 0.480 e. The minimum atomic E-state index is -1.24. The zero-order valence-electron chi connectivity index (χ0n) is 31.5. The van der Waals surface area contributed by atoms with Crippen LogP contribution < -0.4 is 22.4 Å². The first-order valence-corrected chi connectivity index (χ1v) is 20.0. The van der Waals surface area contributed by atoms with Gasteiger partial charge in [-0.05, 0) is 100 Å². The summed E-state index contributed by atoms with van der Waals surface area (Å²) in [6.07, 6.45) is 13.2. The lowest BCUT2D eigenvalue weighted by Crippen LogP contribution is -2.67. The van der Waals surface area contributed by atoms with E-state index in [1.807, 2.05) is 6.07 Å². The predicted molar refractivity (Wildman–Crippen MR) is 197 cm³/mol. The van der Waals surface area contributed by atoms with Gasteiger partial charge in [0.2, 0.25) is 5.91 Å². The Kier molecular flexibility index (Phi) is 11.9. The number of nitrogens with one attached hydrogen (secondary N) is 1. The number of aliphatic carboxylic acids is 1. The average molecular weight is 755 g/mol. The summed E-state index contributed by atoms with van der Waals surface area (Å²) in [5.74, 6) is -1.40. The fraction of sp³-hybridized carbons (Fsp3) is 0.750. The van der Waals surface area contributed by atoms with Crippen molar-refractivity contribution >= 4 is 30.1 Å². The summed E-state index contributed by atoms with van der Waals surface area (Å²) in [4.78, 5) is 65.2. The summed E-state index contributed by atoms with van der Waals surface area (Å²) in [5.41, 5.74) is 8.55. The maximum atomic E-state index is 13.1. The van der Waals surface area contributed by atoms with Gasteiger partial charge in [0.25, 0.3) is 0 Å². The second-order valence-electron chi connectivity index (χ2n) is 16.9. The Labute approximate surface area is 316 Å². The Morgan fingerprint density at radius 3 is 2.43 bits per heavy atom. The van der Waals surface area contributed by atoms with E-state index in [0.29, 0.717) is 45.1 Å². The van der Waals surface area contributed by atoms with Gasteiger partial charge in [-0.3, -0.25) is 14.6 Å². The number of fused-ring (bicyclic) bond motifs is 3. The minimum absolute atomic E-state index is 0.0140. The van der Waals surface area contributed by atoms with Crippen LogP contribution in [0.5, 0.6) is 0 Å². The number of aliphatic hydroxyl groups is 1. The second-order valence-corrected chi connectivity index (χ2v) is 16.9. The summed E-state index contributed by atoms with van der Waals surface area (Å²) in [6, 6.07) is 2.38. The van der Waals surface area contributed by atoms with Gasteiger partial charge in [0, 0.05) is 37.3 Å². The monoisotopic (exact) mass is 754 g/mol. The molecule has 7 N–H and O–H groups in total. The van der Waals surface area contributed by atoms with Crippen molar-refractivity contribution in [3.05, 3.63) is 34.4 Å². The summed E-state index contributed by atoms with van der Waals surface area (Å²) >= 11 is 0. The number of aldehydes is 1. The van der Waals surface area contributed by atoms with Crippen molar-refractivity contribution in [1.29, 1.82) is 0 Å². The third kappa shape index (κ3) is 7.56. The van der Waals surface area contributed by atoms with E-state index in [4.69, 9.17) is 25.4 Å². The highest BCUT2D eigenvalue weighted by molar-refractivity contribution is 5.83. The summed E-state index contributed by atoms with van der Waals surface area (Å²) in [5, 5.41) is 24.2. The third-order valence-corrected chi connectivity index (χ3v) is 14.0. The molecule has 1 aromatic heterocycles. The fourth-order valence-electron chi connectivity index (χ4n) is 11.3. The highest BCUT2D eigenvalue weighted by Gasteiger charge is 2.82. The van der Waals surface area contributed by atoms with Crippen molar-refractivity contribution in [1.82, 2.24) is 5.32 Å². The van der Waals surface area contributed by atoms with Crippen LogP contribution in [0.15, 0.2) is 32.6 Å². The lowest BCUT2D eigenvalue weighted by atomic mass is 9.42. The Balaban J connectivity index is 0.907. The molecule has 1 spiro atoms. The van der Waals surface area contributed by atoms with Gasteiger partial charge < -0.3 is 45.7 Å². The molecular weight excluding hydrogens is 696 g/mol. The highest BCUT2D eigenvalue weighted by Crippen LogP contribution is 2.78. The number of carbonyl (C=O) groups excluding carboxylic acids is 3. The van der Waals surface area contributed by atoms with Crippen LogP contribution in [0.2, 0.25) is 0 Å². The molecule has 1 amide bonds. The predicted octanol–water partition coefficient (Wildman–Crippen LogP) is 3.85. The number of carboxylic acids is 1. The van der Waals surface area contributed by atoms with Crippen molar-refractivity contribution in [3.63, 3.8) is 0 Å². The van der Waals surface area contributed by atoms with E-state index in [1.165, 1.54) is 6.07 Å². The zero-order chi connectivity index (χ0) is 38.7. The topological polar surface area (TPSA) is 237 Å². The zero-order valence-corrected chi connectivity index (χ0v) is 31.5. The molecule has 14 heteroatoms. The number of guanidine groups is 1. The molecule has 0 radical (unpaired) electrons. The van der Waals surface area contributed by atoms with Crippen LogP contribution in [0.3, 0.4) is 0 Å². The third-order valence-electron chi connectivity index (χ3n) is 14.0. The van der Waals surface area contributed by atoms with Crippen molar-refractivity contribution in [2.75, 3.05) is 6.54 Å². The number of amides is 1. The SMILES string of the molecule is C[C@]12CC[C@H]3[C@@H](CC[C@]4(O)C[C@@H](OC(=O)CCCCCCCCC(=O)N[C@@H](CCCN=C(N)N)C(=O)O)CC[C@]34C=O)[C@]13O[C@@H]3C[C@@H]2c1ccc(=O)oc1. The Morgan fingerprint density at radius 1 is 1.02 bits per heavy atom. The van der Waals surface area contributed by atoms with Gasteiger partial charge in [-0.25, -0.2) is 9.59 Å². The van der Waals surface area contributed by atoms with E-state index in [1.54, 1.807) is 6.26 Å².